The van der Waals surface area contributed by atoms with E-state index in [-0.39, 0.29) is 5.91 Å². The molecule has 0 unspecified atom stereocenters. The number of likely N-dealkylation sites (N-methyl/N-ethyl adjacent to an activating group) is 2. The number of aromatic nitrogens is 1. The number of fused-ring (bicyclic) bond motifs is 1. The van der Waals surface area contributed by atoms with Crippen LogP contribution >= 0.6 is 0 Å². The Labute approximate surface area is 162 Å². The molecular formula is C21H33N5O. The SMILES string of the molecule is CCNC(=NCCc1c[nH]c2cccc(C)c12)N(C)CC(=O)N(CC)CC. The molecule has 27 heavy (non-hydrogen) atoms. The zero-order valence-corrected chi connectivity index (χ0v) is 17.3. The van der Waals surface area contributed by atoms with Crippen molar-refractivity contribution in [3.63, 3.8) is 0 Å². The molecule has 0 aliphatic rings. The Balaban J connectivity index is 2.05. The van der Waals surface area contributed by atoms with Crippen LogP contribution in [0.2, 0.25) is 0 Å². The van der Waals surface area contributed by atoms with E-state index in [1.165, 1.54) is 22.0 Å². The second-order valence-corrected chi connectivity index (χ2v) is 6.72. The van der Waals surface area contributed by atoms with Crippen LogP contribution in [0.4, 0.5) is 0 Å². The molecule has 6 nitrogen and oxygen atoms in total. The molecule has 2 aromatic rings. The number of carbonyl (C=O) groups is 1. The number of amides is 1. The molecule has 6 heteroatoms. The molecule has 0 saturated heterocycles. The van der Waals surface area contributed by atoms with Gasteiger partial charge in [0.2, 0.25) is 5.91 Å². The molecule has 148 valence electrons. The van der Waals surface area contributed by atoms with Crippen molar-refractivity contribution < 1.29 is 4.79 Å². The monoisotopic (exact) mass is 371 g/mol. The van der Waals surface area contributed by atoms with Crippen LogP contribution < -0.4 is 5.32 Å². The highest BCUT2D eigenvalue weighted by atomic mass is 16.2. The van der Waals surface area contributed by atoms with Gasteiger partial charge >= 0.3 is 0 Å². The highest BCUT2D eigenvalue weighted by Gasteiger charge is 2.15. The van der Waals surface area contributed by atoms with Crippen LogP contribution in [0, 0.1) is 6.92 Å². The summed E-state index contributed by atoms with van der Waals surface area (Å²) < 4.78 is 0. The van der Waals surface area contributed by atoms with Gasteiger partial charge in [-0.05, 0) is 51.3 Å². The molecule has 1 heterocycles. The van der Waals surface area contributed by atoms with Gasteiger partial charge in [0.25, 0.3) is 0 Å². The summed E-state index contributed by atoms with van der Waals surface area (Å²) in [5.41, 5.74) is 3.73. The zero-order valence-electron chi connectivity index (χ0n) is 17.3. The van der Waals surface area contributed by atoms with Gasteiger partial charge in [-0.1, -0.05) is 12.1 Å². The lowest BCUT2D eigenvalue weighted by Gasteiger charge is -2.25. The maximum atomic E-state index is 12.4. The van der Waals surface area contributed by atoms with Crippen molar-refractivity contribution in [2.75, 3.05) is 39.8 Å². The summed E-state index contributed by atoms with van der Waals surface area (Å²) >= 11 is 0. The summed E-state index contributed by atoms with van der Waals surface area (Å²) in [5.74, 6) is 0.898. The Morgan fingerprint density at radius 1 is 1.22 bits per heavy atom. The molecule has 0 aliphatic heterocycles. The smallest absolute Gasteiger partial charge is 0.242 e. The van der Waals surface area contributed by atoms with Gasteiger partial charge < -0.3 is 20.1 Å². The summed E-state index contributed by atoms with van der Waals surface area (Å²) in [6.07, 6.45) is 2.94. The fourth-order valence-corrected chi connectivity index (χ4v) is 3.35. The number of aliphatic imine (C=N–C) groups is 1. The van der Waals surface area contributed by atoms with Crippen LogP contribution in [0.15, 0.2) is 29.4 Å². The second-order valence-electron chi connectivity index (χ2n) is 6.72. The Kier molecular flexibility index (Phi) is 7.70. The number of H-pyrrole nitrogens is 1. The third-order valence-corrected chi connectivity index (χ3v) is 4.82. The summed E-state index contributed by atoms with van der Waals surface area (Å²) in [5, 5.41) is 4.58. The first-order valence-electron chi connectivity index (χ1n) is 9.84. The number of carbonyl (C=O) groups excluding carboxylic acids is 1. The normalized spacial score (nSPS) is 11.7. The van der Waals surface area contributed by atoms with Crippen molar-refractivity contribution in [1.82, 2.24) is 20.1 Å². The molecule has 1 aromatic heterocycles. The minimum Gasteiger partial charge on any atom is -0.361 e. The molecule has 1 amide bonds. The number of aryl methyl sites for hydroxylation is 1. The van der Waals surface area contributed by atoms with E-state index in [1.807, 2.05) is 37.6 Å². The Morgan fingerprint density at radius 3 is 2.63 bits per heavy atom. The minimum atomic E-state index is 0.125. The Hall–Kier alpha value is -2.50. The number of guanidine groups is 1. The van der Waals surface area contributed by atoms with Crippen molar-refractivity contribution in [2.45, 2.75) is 34.1 Å². The molecule has 0 spiro atoms. The van der Waals surface area contributed by atoms with Gasteiger partial charge in [0.05, 0.1) is 6.54 Å². The first-order chi connectivity index (χ1) is 13.0. The molecule has 0 radical (unpaired) electrons. The summed E-state index contributed by atoms with van der Waals surface area (Å²) in [6, 6.07) is 6.31. The van der Waals surface area contributed by atoms with Crippen LogP contribution in [-0.4, -0.2) is 66.4 Å². The zero-order chi connectivity index (χ0) is 19.8. The van der Waals surface area contributed by atoms with Crippen LogP contribution in [0.1, 0.15) is 31.9 Å². The maximum Gasteiger partial charge on any atom is 0.242 e. The standard InChI is InChI=1S/C21H33N5O/c1-6-22-21(25(5)15-19(27)26(7-2)8-3)23-13-12-17-14-24-18-11-9-10-16(4)20(17)18/h9-11,14,24H,6-8,12-13,15H2,1-5H3,(H,22,23). The number of aromatic amines is 1. The van der Waals surface area contributed by atoms with E-state index in [0.29, 0.717) is 13.1 Å². The van der Waals surface area contributed by atoms with Gasteiger partial charge in [-0.2, -0.15) is 0 Å². The maximum absolute atomic E-state index is 12.4. The van der Waals surface area contributed by atoms with Crippen molar-refractivity contribution in [1.29, 1.82) is 0 Å². The predicted octanol–water partition coefficient (Wildman–Crippen LogP) is 2.78. The molecule has 0 fully saturated rings. The van der Waals surface area contributed by atoms with E-state index in [0.717, 1.165) is 32.0 Å². The molecule has 0 bridgehead atoms. The van der Waals surface area contributed by atoms with Crippen molar-refractivity contribution in [3.05, 3.63) is 35.5 Å². The van der Waals surface area contributed by atoms with Crippen LogP contribution in [0.5, 0.6) is 0 Å². The van der Waals surface area contributed by atoms with E-state index in [9.17, 15) is 4.79 Å². The van der Waals surface area contributed by atoms with Gasteiger partial charge in [-0.25, -0.2) is 0 Å². The van der Waals surface area contributed by atoms with E-state index in [2.05, 4.69) is 41.6 Å². The van der Waals surface area contributed by atoms with Crippen molar-refractivity contribution >= 4 is 22.8 Å². The van der Waals surface area contributed by atoms with Gasteiger partial charge in [-0.15, -0.1) is 0 Å². The van der Waals surface area contributed by atoms with Crippen molar-refractivity contribution in [2.24, 2.45) is 4.99 Å². The van der Waals surface area contributed by atoms with Gasteiger partial charge in [0, 0.05) is 50.3 Å². The average Bonchev–Trinajstić information content (AvgIpc) is 3.06. The topological polar surface area (TPSA) is 63.7 Å². The van der Waals surface area contributed by atoms with Gasteiger partial charge in [0.1, 0.15) is 0 Å². The minimum absolute atomic E-state index is 0.125. The van der Waals surface area contributed by atoms with E-state index < -0.39 is 0 Å². The summed E-state index contributed by atoms with van der Waals surface area (Å²) in [7, 11) is 1.92. The molecule has 2 N–H and O–H groups in total. The van der Waals surface area contributed by atoms with E-state index >= 15 is 0 Å². The number of nitrogens with zero attached hydrogens (tertiary/aromatic N) is 3. The third kappa shape index (κ3) is 5.25. The van der Waals surface area contributed by atoms with E-state index in [1.54, 1.807) is 0 Å². The second kappa shape index (κ2) is 10.00. The summed E-state index contributed by atoms with van der Waals surface area (Å²) in [6.45, 7) is 11.4. The number of benzene rings is 1. The Bertz CT molecular complexity index is 776. The number of nitrogens with one attached hydrogen (secondary N) is 2. The highest BCUT2D eigenvalue weighted by molar-refractivity contribution is 5.87. The van der Waals surface area contributed by atoms with Gasteiger partial charge in [-0.3, -0.25) is 9.79 Å². The number of hydrogen-bond donors (Lipinski definition) is 2. The number of rotatable bonds is 8. The number of hydrogen-bond acceptors (Lipinski definition) is 2. The van der Waals surface area contributed by atoms with Gasteiger partial charge in [0.15, 0.2) is 5.96 Å². The lowest BCUT2D eigenvalue weighted by Crippen LogP contribution is -2.45. The molecule has 0 aliphatic carbocycles. The predicted molar refractivity (Wildman–Crippen MR) is 113 cm³/mol. The summed E-state index contributed by atoms with van der Waals surface area (Å²) in [4.78, 5) is 24.2. The van der Waals surface area contributed by atoms with Crippen LogP contribution in [0.3, 0.4) is 0 Å². The third-order valence-electron chi connectivity index (χ3n) is 4.82. The largest absolute Gasteiger partial charge is 0.361 e. The Morgan fingerprint density at radius 2 is 1.96 bits per heavy atom. The van der Waals surface area contributed by atoms with Crippen LogP contribution in [-0.2, 0) is 11.2 Å². The molecule has 0 saturated carbocycles. The lowest BCUT2D eigenvalue weighted by molar-refractivity contribution is -0.131. The van der Waals surface area contributed by atoms with Crippen molar-refractivity contribution in [3.8, 4) is 0 Å². The first-order valence-corrected chi connectivity index (χ1v) is 9.84. The fraction of sp³-hybridized carbons (Fsp3) is 0.524. The quantitative estimate of drug-likeness (QED) is 0.554. The lowest BCUT2D eigenvalue weighted by atomic mass is 10.1. The molecular weight excluding hydrogens is 338 g/mol. The average molecular weight is 372 g/mol. The fourth-order valence-electron chi connectivity index (χ4n) is 3.35. The molecule has 0 atom stereocenters. The highest BCUT2D eigenvalue weighted by Crippen LogP contribution is 2.22. The molecule has 2 rings (SSSR count). The van der Waals surface area contributed by atoms with E-state index in [4.69, 9.17) is 4.99 Å². The first kappa shape index (κ1) is 20.8. The molecule has 1 aromatic carbocycles. The van der Waals surface area contributed by atoms with Crippen LogP contribution in [0.25, 0.3) is 10.9 Å².